The van der Waals surface area contributed by atoms with Crippen molar-refractivity contribution in [2.45, 2.75) is 52.2 Å². The van der Waals surface area contributed by atoms with E-state index in [1.165, 1.54) is 0 Å². The highest BCUT2D eigenvalue weighted by atomic mass is 79.9. The summed E-state index contributed by atoms with van der Waals surface area (Å²) in [6.07, 6.45) is 3.46. The Bertz CT molecular complexity index is 934. The molecule has 0 radical (unpaired) electrons. The van der Waals surface area contributed by atoms with E-state index in [2.05, 4.69) is 44.2 Å². The van der Waals surface area contributed by atoms with Gasteiger partial charge in [-0.05, 0) is 63.6 Å². The van der Waals surface area contributed by atoms with Crippen molar-refractivity contribution in [3.63, 3.8) is 0 Å². The average Bonchev–Trinajstić information content (AvgIpc) is 3.33. The minimum Gasteiger partial charge on any atom is -0.496 e. The highest BCUT2D eigenvalue weighted by molar-refractivity contribution is 9.11. The van der Waals surface area contributed by atoms with Crippen LogP contribution in [0.5, 0.6) is 0 Å². The first-order chi connectivity index (χ1) is 14.1. The number of methoxy groups -OCH3 is 1. The molecule has 2 aliphatic rings. The fraction of sp³-hybridized carbons (Fsp3) is 0.435. The molecule has 1 amide bonds. The van der Waals surface area contributed by atoms with Crippen LogP contribution in [-0.2, 0) is 9.53 Å². The Hall–Kier alpha value is -1.99. The lowest BCUT2D eigenvalue weighted by atomic mass is 9.96. The van der Waals surface area contributed by atoms with E-state index in [1.807, 2.05) is 46.9 Å². The monoisotopic (exact) mass is 491 g/mol. The van der Waals surface area contributed by atoms with Gasteiger partial charge in [0.25, 0.3) is 5.91 Å². The molecule has 1 unspecified atom stereocenters. The second-order valence-electron chi connectivity index (χ2n) is 8.51. The quantitative estimate of drug-likeness (QED) is 0.554. The third-order valence-electron chi connectivity index (χ3n) is 5.61. The fourth-order valence-electron chi connectivity index (χ4n) is 3.59. The Morgan fingerprint density at radius 3 is 2.67 bits per heavy atom. The second-order valence-corrected chi connectivity index (χ2v) is 10.7. The maximum absolute atomic E-state index is 13.4. The molecule has 0 aromatic carbocycles. The van der Waals surface area contributed by atoms with Gasteiger partial charge in [0.15, 0.2) is 0 Å². The molecule has 1 N–H and O–H groups in total. The van der Waals surface area contributed by atoms with E-state index in [4.69, 9.17) is 4.74 Å². The number of hydrogen-bond acceptors (Lipinski definition) is 5. The van der Waals surface area contributed by atoms with Gasteiger partial charge in [-0.1, -0.05) is 28.6 Å². The van der Waals surface area contributed by atoms with Crippen molar-refractivity contribution in [3.8, 4) is 0 Å². The third-order valence-corrected chi connectivity index (χ3v) is 6.93. The number of carbonyl (C=O) groups excluding carboxylic acids is 1. The average molecular weight is 492 g/mol. The van der Waals surface area contributed by atoms with E-state index in [9.17, 15) is 4.79 Å². The number of fused-ring (bicyclic) bond motifs is 1. The van der Waals surface area contributed by atoms with Gasteiger partial charge >= 0.3 is 0 Å². The van der Waals surface area contributed by atoms with Crippen LogP contribution in [0, 0.1) is 0 Å². The number of piperidine rings is 1. The Labute approximate surface area is 191 Å². The van der Waals surface area contributed by atoms with Crippen molar-refractivity contribution >= 4 is 33.2 Å². The molecule has 5 nitrogen and oxygen atoms in total. The predicted molar refractivity (Wildman–Crippen MR) is 127 cm³/mol. The van der Waals surface area contributed by atoms with E-state index < -0.39 is 0 Å². The van der Waals surface area contributed by atoms with Gasteiger partial charge in [-0.15, -0.1) is 11.3 Å². The molecular formula is C23H30BrN3O2S. The van der Waals surface area contributed by atoms with Gasteiger partial charge in [0.1, 0.15) is 17.6 Å². The number of likely N-dealkylation sites (N-methyl/N-ethyl adjacent to an activating group) is 1. The lowest BCUT2D eigenvalue weighted by Crippen LogP contribution is -2.45. The van der Waals surface area contributed by atoms with Crippen LogP contribution in [-0.4, -0.2) is 35.4 Å². The van der Waals surface area contributed by atoms with Gasteiger partial charge in [-0.2, -0.15) is 0 Å². The molecule has 3 heterocycles. The number of amides is 1. The number of allylic oxidation sites excluding steroid dienone is 4. The molecular weight excluding hydrogens is 462 g/mol. The molecule has 1 atom stereocenters. The summed E-state index contributed by atoms with van der Waals surface area (Å²) in [4.78, 5) is 18.5. The summed E-state index contributed by atoms with van der Waals surface area (Å²) in [6.45, 7) is 12.5. The van der Waals surface area contributed by atoms with Crippen molar-refractivity contribution in [1.82, 2.24) is 15.1 Å². The number of nitrogens with zero attached hydrogens (tertiary/aromatic N) is 2. The van der Waals surface area contributed by atoms with Crippen LogP contribution in [0.2, 0.25) is 0 Å². The number of rotatable bonds is 4. The first kappa shape index (κ1) is 22.7. The third kappa shape index (κ3) is 4.23. The van der Waals surface area contributed by atoms with Crippen LogP contribution in [0.1, 0.15) is 51.6 Å². The summed E-state index contributed by atoms with van der Waals surface area (Å²) in [6, 6.07) is 4.13. The number of thiophene rings is 1. The van der Waals surface area contributed by atoms with E-state index in [1.54, 1.807) is 23.3 Å². The largest absolute Gasteiger partial charge is 0.496 e. The van der Waals surface area contributed by atoms with Gasteiger partial charge < -0.3 is 19.9 Å². The standard InChI is InChI=1S/C23H30BrN3O2S/c1-14(24)18(29-7)13-16-10-11-17-20(22(28)26(6)23(3,4)5)25-21(27(17)15(16)2)19-9-8-12-30-19/h8-9,12-13,21,25H,2,10-11H2,1,3-7H3/b16-13-,18-14-. The number of halogens is 1. The van der Waals surface area contributed by atoms with Crippen LogP contribution in [0.4, 0.5) is 0 Å². The molecule has 1 fully saturated rings. The Morgan fingerprint density at radius 2 is 2.13 bits per heavy atom. The molecule has 1 saturated heterocycles. The van der Waals surface area contributed by atoms with Crippen molar-refractivity contribution < 1.29 is 9.53 Å². The maximum Gasteiger partial charge on any atom is 0.271 e. The summed E-state index contributed by atoms with van der Waals surface area (Å²) < 4.78 is 6.45. The SMILES string of the molecule is C=C1/C(=C\C(OC)=C(/C)Br)CCC2=C(C(=O)N(C)C(C)(C)C)NC(c3cccs3)N12. The fourth-order valence-corrected chi connectivity index (χ4v) is 4.63. The van der Waals surface area contributed by atoms with E-state index in [-0.39, 0.29) is 17.6 Å². The van der Waals surface area contributed by atoms with Crippen molar-refractivity contribution in [2.75, 3.05) is 14.2 Å². The minimum absolute atomic E-state index is 0.00978. The molecule has 0 saturated carbocycles. The second kappa shape index (κ2) is 8.63. The molecule has 0 aliphatic carbocycles. The molecule has 7 heteroatoms. The smallest absolute Gasteiger partial charge is 0.271 e. The van der Waals surface area contributed by atoms with Gasteiger partial charge in [0, 0.05) is 33.3 Å². The molecule has 3 rings (SSSR count). The van der Waals surface area contributed by atoms with Crippen molar-refractivity contribution in [1.29, 1.82) is 0 Å². The zero-order chi connectivity index (χ0) is 22.2. The topological polar surface area (TPSA) is 44.8 Å². The normalized spacial score (nSPS) is 21.4. The first-order valence-corrected chi connectivity index (χ1v) is 11.6. The Morgan fingerprint density at radius 1 is 1.43 bits per heavy atom. The zero-order valence-electron chi connectivity index (χ0n) is 18.5. The molecule has 162 valence electrons. The number of nitrogens with one attached hydrogen (secondary N) is 1. The van der Waals surface area contributed by atoms with Crippen LogP contribution in [0.3, 0.4) is 0 Å². The summed E-state index contributed by atoms with van der Waals surface area (Å²) in [5.74, 6) is 0.790. The number of hydrogen-bond donors (Lipinski definition) is 1. The van der Waals surface area contributed by atoms with Crippen LogP contribution in [0.15, 0.2) is 63.1 Å². The van der Waals surface area contributed by atoms with E-state index >= 15 is 0 Å². The van der Waals surface area contributed by atoms with Crippen molar-refractivity contribution in [2.24, 2.45) is 0 Å². The number of ether oxygens (including phenoxy) is 1. The number of carbonyl (C=O) groups is 1. The molecule has 30 heavy (non-hydrogen) atoms. The minimum atomic E-state index is -0.263. The first-order valence-electron chi connectivity index (χ1n) is 9.97. The Kier molecular flexibility index (Phi) is 6.53. The zero-order valence-corrected chi connectivity index (χ0v) is 20.9. The van der Waals surface area contributed by atoms with Gasteiger partial charge in [-0.25, -0.2) is 0 Å². The Balaban J connectivity index is 2.04. The van der Waals surface area contributed by atoms with Gasteiger partial charge in [0.2, 0.25) is 0 Å². The molecule has 1 aromatic rings. The molecule has 0 spiro atoms. The van der Waals surface area contributed by atoms with Crippen molar-refractivity contribution in [3.05, 3.63) is 68.0 Å². The molecule has 0 bridgehead atoms. The molecule has 1 aromatic heterocycles. The lowest BCUT2D eigenvalue weighted by molar-refractivity contribution is -0.130. The predicted octanol–water partition coefficient (Wildman–Crippen LogP) is 5.63. The summed E-state index contributed by atoms with van der Waals surface area (Å²) >= 11 is 5.18. The van der Waals surface area contributed by atoms with E-state index in [0.717, 1.165) is 44.9 Å². The van der Waals surface area contributed by atoms with Gasteiger partial charge in [0.05, 0.1) is 7.11 Å². The summed E-state index contributed by atoms with van der Waals surface area (Å²) in [5, 5.41) is 5.57. The lowest BCUT2D eigenvalue weighted by Gasteiger charge is -2.35. The highest BCUT2D eigenvalue weighted by Crippen LogP contribution is 2.45. The molecule has 2 aliphatic heterocycles. The van der Waals surface area contributed by atoms with Gasteiger partial charge in [-0.3, -0.25) is 4.79 Å². The van der Waals surface area contributed by atoms with E-state index in [0.29, 0.717) is 5.70 Å². The van der Waals surface area contributed by atoms with Crippen LogP contribution < -0.4 is 5.32 Å². The van der Waals surface area contributed by atoms with Crippen LogP contribution >= 0.6 is 27.3 Å². The summed E-state index contributed by atoms with van der Waals surface area (Å²) in [7, 11) is 3.52. The summed E-state index contributed by atoms with van der Waals surface area (Å²) in [5.41, 5.74) is 3.42. The maximum atomic E-state index is 13.4. The highest BCUT2D eigenvalue weighted by Gasteiger charge is 2.41. The van der Waals surface area contributed by atoms with Crippen LogP contribution in [0.25, 0.3) is 0 Å².